The molecule has 0 N–H and O–H groups in total. The molecule has 0 radical (unpaired) electrons. The SMILES string of the molecule is CN(C)c1cc(C#N)nc(-c2ccncc2)n1. The van der Waals surface area contributed by atoms with Gasteiger partial charge in [0.2, 0.25) is 0 Å². The first-order chi connectivity index (χ1) is 8.20. The van der Waals surface area contributed by atoms with Crippen LogP contribution in [0.1, 0.15) is 5.69 Å². The van der Waals surface area contributed by atoms with Gasteiger partial charge in [-0.05, 0) is 12.1 Å². The van der Waals surface area contributed by atoms with Crippen molar-refractivity contribution in [2.45, 2.75) is 0 Å². The molecule has 17 heavy (non-hydrogen) atoms. The van der Waals surface area contributed by atoms with E-state index in [9.17, 15) is 0 Å². The number of anilines is 1. The van der Waals surface area contributed by atoms with E-state index < -0.39 is 0 Å². The van der Waals surface area contributed by atoms with Crippen LogP contribution in [0, 0.1) is 11.3 Å². The number of aromatic nitrogens is 3. The van der Waals surface area contributed by atoms with Crippen molar-refractivity contribution in [3.05, 3.63) is 36.3 Å². The minimum absolute atomic E-state index is 0.357. The second-order valence-corrected chi connectivity index (χ2v) is 3.68. The lowest BCUT2D eigenvalue weighted by Gasteiger charge is -2.12. The molecule has 5 nitrogen and oxygen atoms in total. The zero-order valence-corrected chi connectivity index (χ0v) is 9.62. The molecular weight excluding hydrogens is 214 g/mol. The lowest BCUT2D eigenvalue weighted by atomic mass is 10.2. The van der Waals surface area contributed by atoms with Crippen LogP contribution in [0.5, 0.6) is 0 Å². The third-order valence-corrected chi connectivity index (χ3v) is 2.22. The van der Waals surface area contributed by atoms with Crippen LogP contribution in [0.25, 0.3) is 11.4 Å². The van der Waals surface area contributed by atoms with Gasteiger partial charge in [-0.25, -0.2) is 9.97 Å². The van der Waals surface area contributed by atoms with E-state index in [0.29, 0.717) is 17.3 Å². The highest BCUT2D eigenvalue weighted by Gasteiger charge is 2.07. The van der Waals surface area contributed by atoms with E-state index in [1.54, 1.807) is 18.5 Å². The lowest BCUT2D eigenvalue weighted by Crippen LogP contribution is -2.12. The van der Waals surface area contributed by atoms with Crippen LogP contribution in [0.15, 0.2) is 30.6 Å². The molecule has 0 aromatic carbocycles. The standard InChI is InChI=1S/C12H11N5/c1-17(2)11-7-10(8-13)15-12(16-11)9-3-5-14-6-4-9/h3-7H,1-2H3. The summed E-state index contributed by atoms with van der Waals surface area (Å²) in [6, 6.07) is 7.33. The molecule has 0 unspecified atom stereocenters. The number of hydrogen-bond acceptors (Lipinski definition) is 5. The molecule has 0 bridgehead atoms. The Kier molecular flexibility index (Phi) is 2.97. The quantitative estimate of drug-likeness (QED) is 0.774. The molecule has 2 aromatic heterocycles. The average Bonchev–Trinajstić information content (AvgIpc) is 2.39. The molecule has 0 fully saturated rings. The molecule has 84 valence electrons. The minimum Gasteiger partial charge on any atom is -0.363 e. The third-order valence-electron chi connectivity index (χ3n) is 2.22. The van der Waals surface area contributed by atoms with Crippen molar-refractivity contribution in [2.75, 3.05) is 19.0 Å². The largest absolute Gasteiger partial charge is 0.363 e. The summed E-state index contributed by atoms with van der Waals surface area (Å²) in [4.78, 5) is 14.3. The highest BCUT2D eigenvalue weighted by Crippen LogP contribution is 2.17. The van der Waals surface area contributed by atoms with E-state index in [1.807, 2.05) is 37.2 Å². The first-order valence-electron chi connectivity index (χ1n) is 5.07. The summed E-state index contributed by atoms with van der Waals surface area (Å²) >= 11 is 0. The fourth-order valence-electron chi connectivity index (χ4n) is 1.35. The number of nitriles is 1. The van der Waals surface area contributed by atoms with Crippen molar-refractivity contribution in [3.63, 3.8) is 0 Å². The van der Waals surface area contributed by atoms with Crippen molar-refractivity contribution in [3.8, 4) is 17.5 Å². The fraction of sp³-hybridized carbons (Fsp3) is 0.167. The van der Waals surface area contributed by atoms with Crippen LogP contribution in [-0.4, -0.2) is 29.0 Å². The van der Waals surface area contributed by atoms with Gasteiger partial charge in [-0.2, -0.15) is 5.26 Å². The van der Waals surface area contributed by atoms with Crippen LogP contribution in [0.3, 0.4) is 0 Å². The van der Waals surface area contributed by atoms with Crippen LogP contribution in [0.4, 0.5) is 5.82 Å². The van der Waals surface area contributed by atoms with Gasteiger partial charge in [0.05, 0.1) is 0 Å². The highest BCUT2D eigenvalue weighted by atomic mass is 15.1. The Morgan fingerprint density at radius 2 is 1.88 bits per heavy atom. The second kappa shape index (κ2) is 4.58. The molecule has 0 saturated heterocycles. The Hall–Kier alpha value is -2.48. The van der Waals surface area contributed by atoms with Gasteiger partial charge in [0.1, 0.15) is 17.6 Å². The van der Waals surface area contributed by atoms with E-state index in [2.05, 4.69) is 15.0 Å². The number of rotatable bonds is 2. The zero-order chi connectivity index (χ0) is 12.3. The number of nitrogens with zero attached hydrogens (tertiary/aromatic N) is 5. The maximum atomic E-state index is 8.94. The van der Waals surface area contributed by atoms with Crippen LogP contribution in [0.2, 0.25) is 0 Å². The van der Waals surface area contributed by atoms with Gasteiger partial charge >= 0.3 is 0 Å². The summed E-state index contributed by atoms with van der Waals surface area (Å²) in [7, 11) is 3.75. The summed E-state index contributed by atoms with van der Waals surface area (Å²) in [6.45, 7) is 0. The van der Waals surface area contributed by atoms with Crippen LogP contribution in [-0.2, 0) is 0 Å². The van der Waals surface area contributed by atoms with E-state index in [1.165, 1.54) is 0 Å². The van der Waals surface area contributed by atoms with E-state index in [0.717, 1.165) is 5.56 Å². The molecule has 0 aliphatic heterocycles. The molecule has 2 aromatic rings. The fourth-order valence-corrected chi connectivity index (χ4v) is 1.35. The molecule has 0 amide bonds. The van der Waals surface area contributed by atoms with Crippen LogP contribution >= 0.6 is 0 Å². The second-order valence-electron chi connectivity index (χ2n) is 3.68. The van der Waals surface area contributed by atoms with Crippen LogP contribution < -0.4 is 4.90 Å². The first kappa shape index (κ1) is 11.0. The summed E-state index contributed by atoms with van der Waals surface area (Å²) in [5.41, 5.74) is 1.20. The van der Waals surface area contributed by atoms with Crippen molar-refractivity contribution < 1.29 is 0 Å². The number of hydrogen-bond donors (Lipinski definition) is 0. The smallest absolute Gasteiger partial charge is 0.163 e. The Labute approximate surface area is 99.4 Å². The first-order valence-corrected chi connectivity index (χ1v) is 5.07. The molecule has 0 atom stereocenters. The molecule has 0 aliphatic carbocycles. The van der Waals surface area contributed by atoms with E-state index in [-0.39, 0.29) is 0 Å². The highest BCUT2D eigenvalue weighted by molar-refractivity contribution is 5.58. The Morgan fingerprint density at radius 1 is 1.18 bits per heavy atom. The van der Waals surface area contributed by atoms with Crippen molar-refractivity contribution in [1.29, 1.82) is 5.26 Å². The molecule has 0 aliphatic rings. The number of pyridine rings is 1. The van der Waals surface area contributed by atoms with E-state index in [4.69, 9.17) is 5.26 Å². The van der Waals surface area contributed by atoms with Gasteiger partial charge in [0, 0.05) is 38.1 Å². The van der Waals surface area contributed by atoms with Gasteiger partial charge in [-0.15, -0.1) is 0 Å². The Balaban J connectivity index is 2.55. The summed E-state index contributed by atoms with van der Waals surface area (Å²) in [5.74, 6) is 1.25. The predicted octanol–water partition coefficient (Wildman–Crippen LogP) is 1.48. The molecular formula is C12H11N5. The third kappa shape index (κ3) is 2.37. The summed E-state index contributed by atoms with van der Waals surface area (Å²) in [5, 5.41) is 8.94. The van der Waals surface area contributed by atoms with Gasteiger partial charge < -0.3 is 4.90 Å². The maximum Gasteiger partial charge on any atom is 0.163 e. The van der Waals surface area contributed by atoms with Crippen molar-refractivity contribution >= 4 is 5.82 Å². The molecule has 0 spiro atoms. The molecule has 2 heterocycles. The van der Waals surface area contributed by atoms with Gasteiger partial charge in [0.15, 0.2) is 5.82 Å². The normalized spacial score (nSPS) is 9.71. The Morgan fingerprint density at radius 3 is 2.47 bits per heavy atom. The predicted molar refractivity (Wildman–Crippen MR) is 64.3 cm³/mol. The maximum absolute atomic E-state index is 8.94. The molecule has 2 rings (SSSR count). The molecule has 5 heteroatoms. The summed E-state index contributed by atoms with van der Waals surface area (Å²) in [6.07, 6.45) is 3.35. The van der Waals surface area contributed by atoms with Gasteiger partial charge in [-0.1, -0.05) is 0 Å². The Bertz CT molecular complexity index is 557. The summed E-state index contributed by atoms with van der Waals surface area (Å²) < 4.78 is 0. The van der Waals surface area contributed by atoms with Crippen molar-refractivity contribution in [2.24, 2.45) is 0 Å². The lowest BCUT2D eigenvalue weighted by molar-refractivity contribution is 1.03. The average molecular weight is 225 g/mol. The monoisotopic (exact) mass is 225 g/mol. The van der Waals surface area contributed by atoms with Gasteiger partial charge in [0.25, 0.3) is 0 Å². The zero-order valence-electron chi connectivity index (χ0n) is 9.62. The van der Waals surface area contributed by atoms with Gasteiger partial charge in [-0.3, -0.25) is 4.98 Å². The topological polar surface area (TPSA) is 65.7 Å². The minimum atomic E-state index is 0.357. The van der Waals surface area contributed by atoms with Crippen molar-refractivity contribution in [1.82, 2.24) is 15.0 Å². The van der Waals surface area contributed by atoms with E-state index >= 15 is 0 Å². The molecule has 0 saturated carbocycles.